The summed E-state index contributed by atoms with van der Waals surface area (Å²) in [6.45, 7) is 3.86. The van der Waals surface area contributed by atoms with Crippen LogP contribution in [0.5, 0.6) is 0 Å². The van der Waals surface area contributed by atoms with Gasteiger partial charge in [-0.1, -0.05) is 61.2 Å². The lowest BCUT2D eigenvalue weighted by atomic mass is 10.0. The van der Waals surface area contributed by atoms with E-state index in [1.807, 2.05) is 18.2 Å². The molecule has 0 amide bonds. The number of hydrogen-bond donors (Lipinski definition) is 0. The van der Waals surface area contributed by atoms with Crippen LogP contribution in [0.1, 0.15) is 5.56 Å². The molecule has 0 radical (unpaired) electrons. The first-order valence-corrected chi connectivity index (χ1v) is 10.7. The molecule has 152 valence electrons. The zero-order valence-corrected chi connectivity index (χ0v) is 17.5. The third-order valence-corrected chi connectivity index (χ3v) is 6.06. The van der Waals surface area contributed by atoms with Crippen LogP contribution in [0.2, 0.25) is 0 Å². The Kier molecular flexibility index (Phi) is 4.29. The van der Waals surface area contributed by atoms with Crippen molar-refractivity contribution in [1.29, 1.82) is 0 Å². The van der Waals surface area contributed by atoms with Crippen LogP contribution in [0.4, 0.5) is 0 Å². The largest absolute Gasteiger partial charge is 0.464 e. The lowest BCUT2D eigenvalue weighted by Crippen LogP contribution is -1.93. The van der Waals surface area contributed by atoms with Gasteiger partial charge >= 0.3 is 0 Å². The van der Waals surface area contributed by atoms with Crippen LogP contribution in [-0.4, -0.2) is 4.57 Å². The lowest BCUT2D eigenvalue weighted by Gasteiger charge is -2.08. The molecule has 0 spiro atoms. The van der Waals surface area contributed by atoms with Crippen molar-refractivity contribution in [3.63, 3.8) is 0 Å². The summed E-state index contributed by atoms with van der Waals surface area (Å²) in [4.78, 5) is 0. The molecule has 0 saturated carbocycles. The van der Waals surface area contributed by atoms with Crippen LogP contribution >= 0.6 is 0 Å². The highest BCUT2D eigenvalue weighted by atomic mass is 16.3. The summed E-state index contributed by atoms with van der Waals surface area (Å²) in [5, 5.41) is 2.44. The minimum atomic E-state index is 0.878. The van der Waals surface area contributed by atoms with Crippen LogP contribution in [0.25, 0.3) is 56.0 Å². The molecular weight excluding hydrogens is 390 g/mol. The number of para-hydroxylation sites is 1. The van der Waals surface area contributed by atoms with Crippen molar-refractivity contribution in [2.45, 2.75) is 0 Å². The average Bonchev–Trinajstić information content (AvgIpc) is 3.50. The molecule has 32 heavy (non-hydrogen) atoms. The molecule has 0 aliphatic carbocycles. The monoisotopic (exact) mass is 411 g/mol. The van der Waals surface area contributed by atoms with Crippen molar-refractivity contribution in [3.8, 4) is 28.1 Å². The zero-order valence-electron chi connectivity index (χ0n) is 17.5. The quantitative estimate of drug-likeness (QED) is 0.285. The number of nitrogens with zero attached hydrogens (tertiary/aromatic N) is 1. The summed E-state index contributed by atoms with van der Waals surface area (Å²) in [6.07, 6.45) is 3.59. The van der Waals surface area contributed by atoms with E-state index in [1.54, 1.807) is 6.26 Å². The van der Waals surface area contributed by atoms with Crippen molar-refractivity contribution >= 4 is 27.9 Å². The molecule has 4 aromatic carbocycles. The standard InChI is InChI=1S/C30H21NO/c1-2-21-10-12-22(13-11-21)23-14-16-28-26(19-23)27-20-24(30-9-6-18-32-30)15-17-29(27)31(28)25-7-4-3-5-8-25/h2-20H,1H2. The fraction of sp³-hybridized carbons (Fsp3) is 0. The van der Waals surface area contributed by atoms with E-state index >= 15 is 0 Å². The van der Waals surface area contributed by atoms with Crippen LogP contribution in [0, 0.1) is 0 Å². The van der Waals surface area contributed by atoms with Gasteiger partial charge in [-0.15, -0.1) is 0 Å². The van der Waals surface area contributed by atoms with Crippen LogP contribution in [0.15, 0.2) is 120 Å². The summed E-state index contributed by atoms with van der Waals surface area (Å²) in [5.41, 5.74) is 8.12. The van der Waals surface area contributed by atoms with E-state index in [-0.39, 0.29) is 0 Å². The Morgan fingerprint density at radius 1 is 0.625 bits per heavy atom. The van der Waals surface area contributed by atoms with Gasteiger partial charge in [0.25, 0.3) is 0 Å². The van der Waals surface area contributed by atoms with Gasteiger partial charge in [0.05, 0.1) is 17.3 Å². The smallest absolute Gasteiger partial charge is 0.133 e. The molecule has 0 aliphatic heterocycles. The molecule has 2 heteroatoms. The Hall–Kier alpha value is -4.30. The zero-order chi connectivity index (χ0) is 21.5. The first-order chi connectivity index (χ1) is 15.8. The predicted molar refractivity (Wildman–Crippen MR) is 134 cm³/mol. The fourth-order valence-electron chi connectivity index (χ4n) is 4.47. The Morgan fingerprint density at radius 3 is 1.94 bits per heavy atom. The van der Waals surface area contributed by atoms with Crippen LogP contribution in [-0.2, 0) is 0 Å². The Morgan fingerprint density at radius 2 is 1.28 bits per heavy atom. The maximum Gasteiger partial charge on any atom is 0.133 e. The van der Waals surface area contributed by atoms with Crippen molar-refractivity contribution in [2.24, 2.45) is 0 Å². The molecule has 0 fully saturated rings. The first-order valence-electron chi connectivity index (χ1n) is 10.7. The second-order valence-corrected chi connectivity index (χ2v) is 7.94. The molecule has 2 aromatic heterocycles. The lowest BCUT2D eigenvalue weighted by molar-refractivity contribution is 0.582. The highest BCUT2D eigenvalue weighted by Gasteiger charge is 2.15. The van der Waals surface area contributed by atoms with Gasteiger partial charge in [0.15, 0.2) is 0 Å². The van der Waals surface area contributed by atoms with Gasteiger partial charge in [0.1, 0.15) is 5.76 Å². The van der Waals surface area contributed by atoms with Gasteiger partial charge in [0, 0.05) is 22.0 Å². The van der Waals surface area contributed by atoms with E-state index in [4.69, 9.17) is 4.42 Å². The Balaban J connectivity index is 1.64. The van der Waals surface area contributed by atoms with E-state index < -0.39 is 0 Å². The minimum Gasteiger partial charge on any atom is -0.464 e. The van der Waals surface area contributed by atoms with E-state index in [0.29, 0.717) is 0 Å². The molecule has 6 aromatic rings. The number of aromatic nitrogens is 1. The summed E-state index contributed by atoms with van der Waals surface area (Å²) < 4.78 is 8.01. The van der Waals surface area contributed by atoms with Crippen molar-refractivity contribution in [1.82, 2.24) is 4.57 Å². The second-order valence-electron chi connectivity index (χ2n) is 7.94. The van der Waals surface area contributed by atoms with E-state index in [0.717, 1.165) is 22.6 Å². The molecule has 0 atom stereocenters. The summed E-state index contributed by atoms with van der Waals surface area (Å²) in [6, 6.07) is 36.3. The molecule has 0 bridgehead atoms. The summed E-state index contributed by atoms with van der Waals surface area (Å²) in [7, 11) is 0. The minimum absolute atomic E-state index is 0.878. The van der Waals surface area contributed by atoms with Gasteiger partial charge in [-0.2, -0.15) is 0 Å². The van der Waals surface area contributed by atoms with Crippen LogP contribution in [0.3, 0.4) is 0 Å². The normalized spacial score (nSPS) is 11.2. The molecule has 0 saturated heterocycles. The molecule has 2 nitrogen and oxygen atoms in total. The topological polar surface area (TPSA) is 18.1 Å². The van der Waals surface area contributed by atoms with Crippen molar-refractivity contribution in [3.05, 3.63) is 122 Å². The molecular formula is C30H21NO. The van der Waals surface area contributed by atoms with Gasteiger partial charge in [0.2, 0.25) is 0 Å². The SMILES string of the molecule is C=Cc1ccc(-c2ccc3c(c2)c2cc(-c4ccco4)ccc2n3-c2ccccc2)cc1. The van der Waals surface area contributed by atoms with Gasteiger partial charge in [-0.25, -0.2) is 0 Å². The number of hydrogen-bond acceptors (Lipinski definition) is 1. The average molecular weight is 412 g/mol. The fourth-order valence-corrected chi connectivity index (χ4v) is 4.47. The van der Waals surface area contributed by atoms with Crippen LogP contribution < -0.4 is 0 Å². The number of benzene rings is 4. The maximum atomic E-state index is 5.67. The molecule has 0 aliphatic rings. The third kappa shape index (κ3) is 2.97. The summed E-state index contributed by atoms with van der Waals surface area (Å²) in [5.74, 6) is 0.878. The van der Waals surface area contributed by atoms with E-state index in [1.165, 1.54) is 32.9 Å². The number of fused-ring (bicyclic) bond motifs is 3. The van der Waals surface area contributed by atoms with Gasteiger partial charge in [-0.05, 0) is 71.3 Å². The first kappa shape index (κ1) is 18.5. The van der Waals surface area contributed by atoms with E-state index in [9.17, 15) is 0 Å². The molecule has 0 unspecified atom stereocenters. The second kappa shape index (κ2) is 7.44. The molecule has 6 rings (SSSR count). The summed E-state index contributed by atoms with van der Waals surface area (Å²) >= 11 is 0. The Bertz CT molecular complexity index is 1550. The highest BCUT2D eigenvalue weighted by molar-refractivity contribution is 6.11. The predicted octanol–water partition coefficient (Wildman–Crippen LogP) is 8.35. The van der Waals surface area contributed by atoms with Gasteiger partial charge in [-0.3, -0.25) is 0 Å². The van der Waals surface area contributed by atoms with Crippen molar-refractivity contribution in [2.75, 3.05) is 0 Å². The Labute approximate surface area is 186 Å². The number of rotatable bonds is 4. The van der Waals surface area contributed by atoms with E-state index in [2.05, 4.69) is 102 Å². The van der Waals surface area contributed by atoms with Gasteiger partial charge < -0.3 is 8.98 Å². The highest BCUT2D eigenvalue weighted by Crippen LogP contribution is 2.37. The van der Waals surface area contributed by atoms with Crippen molar-refractivity contribution < 1.29 is 4.42 Å². The third-order valence-electron chi connectivity index (χ3n) is 6.06. The molecule has 2 heterocycles. The maximum absolute atomic E-state index is 5.67. The molecule has 0 N–H and O–H groups in total. The number of furan rings is 1.